The molecule has 0 bridgehead atoms. The predicted molar refractivity (Wildman–Crippen MR) is 125 cm³/mol. The Morgan fingerprint density at radius 3 is 2.38 bits per heavy atom. The zero-order chi connectivity index (χ0) is 22.8. The average Bonchev–Trinajstić information content (AvgIpc) is 3.03. The van der Waals surface area contributed by atoms with Gasteiger partial charge in [-0.3, -0.25) is 9.59 Å². The number of hydrogen-bond acceptors (Lipinski definition) is 5. The van der Waals surface area contributed by atoms with Gasteiger partial charge in [-0.15, -0.1) is 0 Å². The molecular weight excluding hydrogens is 404 g/mol. The number of likely N-dealkylation sites (tertiary alicyclic amines) is 1. The normalized spacial score (nSPS) is 21.4. The molecule has 0 spiro atoms. The molecule has 2 aromatic carbocycles. The second-order valence-corrected chi connectivity index (χ2v) is 8.65. The van der Waals surface area contributed by atoms with E-state index in [-0.39, 0.29) is 11.8 Å². The number of anilines is 1. The molecule has 1 fully saturated rings. The molecule has 0 aromatic heterocycles. The molecule has 0 aliphatic carbocycles. The standard InChI is InChI=1S/C26H30N2O4/c1-5-32-20-10-8-9-19(14-20)28-25(29)23(21-11-6-7-12-22(21)31-4)24(26(28)30)27-15-17(2)13-18(3)16-27/h6-12,14,17-18H,5,13,15-16H2,1-4H3. The van der Waals surface area contributed by atoms with Gasteiger partial charge < -0.3 is 14.4 Å². The summed E-state index contributed by atoms with van der Waals surface area (Å²) >= 11 is 0. The Bertz CT molecular complexity index is 1050. The van der Waals surface area contributed by atoms with Gasteiger partial charge in [0.25, 0.3) is 11.8 Å². The van der Waals surface area contributed by atoms with E-state index >= 15 is 0 Å². The van der Waals surface area contributed by atoms with Crippen LogP contribution in [-0.4, -0.2) is 43.5 Å². The lowest BCUT2D eigenvalue weighted by molar-refractivity contribution is -0.120. The lowest BCUT2D eigenvalue weighted by Crippen LogP contribution is -2.42. The molecule has 32 heavy (non-hydrogen) atoms. The van der Waals surface area contributed by atoms with Gasteiger partial charge in [-0.25, -0.2) is 4.90 Å². The molecule has 2 heterocycles. The Balaban J connectivity index is 1.85. The fraction of sp³-hybridized carbons (Fsp3) is 0.385. The Labute approximate surface area is 189 Å². The summed E-state index contributed by atoms with van der Waals surface area (Å²) < 4.78 is 11.2. The van der Waals surface area contributed by atoms with Crippen LogP contribution < -0.4 is 14.4 Å². The quantitative estimate of drug-likeness (QED) is 0.633. The molecule has 2 aromatic rings. The molecule has 2 amide bonds. The number of carbonyl (C=O) groups is 2. The number of amides is 2. The summed E-state index contributed by atoms with van der Waals surface area (Å²) in [6, 6.07) is 14.5. The number of ether oxygens (including phenoxy) is 2. The zero-order valence-corrected chi connectivity index (χ0v) is 19.1. The third-order valence-corrected chi connectivity index (χ3v) is 6.01. The van der Waals surface area contributed by atoms with E-state index in [0.717, 1.165) is 19.5 Å². The van der Waals surface area contributed by atoms with Crippen molar-refractivity contribution in [3.63, 3.8) is 0 Å². The van der Waals surface area contributed by atoms with Gasteiger partial charge in [-0.05, 0) is 43.4 Å². The minimum Gasteiger partial charge on any atom is -0.496 e. The monoisotopic (exact) mass is 434 g/mol. The van der Waals surface area contributed by atoms with Crippen molar-refractivity contribution >= 4 is 23.1 Å². The lowest BCUT2D eigenvalue weighted by atomic mass is 9.91. The molecule has 0 N–H and O–H groups in total. The molecule has 2 aliphatic rings. The maximum Gasteiger partial charge on any atom is 0.282 e. The third kappa shape index (κ3) is 3.97. The van der Waals surface area contributed by atoms with Gasteiger partial charge in [0.1, 0.15) is 17.2 Å². The van der Waals surface area contributed by atoms with Gasteiger partial charge in [0, 0.05) is 24.7 Å². The highest BCUT2D eigenvalue weighted by Gasteiger charge is 2.44. The molecule has 0 saturated carbocycles. The summed E-state index contributed by atoms with van der Waals surface area (Å²) in [7, 11) is 1.58. The van der Waals surface area contributed by atoms with Crippen molar-refractivity contribution < 1.29 is 19.1 Å². The number of nitrogens with zero attached hydrogens (tertiary/aromatic N) is 2. The summed E-state index contributed by atoms with van der Waals surface area (Å²) in [4.78, 5) is 31.0. The highest BCUT2D eigenvalue weighted by Crippen LogP contribution is 2.40. The Kier molecular flexibility index (Phi) is 6.21. The molecule has 4 rings (SSSR count). The van der Waals surface area contributed by atoms with Crippen LogP contribution in [0.1, 0.15) is 32.8 Å². The van der Waals surface area contributed by atoms with Crippen LogP contribution in [0.4, 0.5) is 5.69 Å². The van der Waals surface area contributed by atoms with Gasteiger partial charge in [-0.2, -0.15) is 0 Å². The highest BCUT2D eigenvalue weighted by atomic mass is 16.5. The molecule has 6 nitrogen and oxygen atoms in total. The van der Waals surface area contributed by atoms with Gasteiger partial charge in [0.15, 0.2) is 0 Å². The Hall–Kier alpha value is -3.28. The lowest BCUT2D eigenvalue weighted by Gasteiger charge is -2.37. The van der Waals surface area contributed by atoms with E-state index in [1.165, 1.54) is 4.90 Å². The van der Waals surface area contributed by atoms with E-state index in [0.29, 0.717) is 52.5 Å². The fourth-order valence-corrected chi connectivity index (χ4v) is 4.86. The molecule has 2 unspecified atom stereocenters. The second-order valence-electron chi connectivity index (χ2n) is 8.65. The van der Waals surface area contributed by atoms with E-state index in [4.69, 9.17) is 9.47 Å². The number of methoxy groups -OCH3 is 1. The van der Waals surface area contributed by atoms with E-state index in [2.05, 4.69) is 18.7 Å². The zero-order valence-electron chi connectivity index (χ0n) is 19.1. The van der Waals surface area contributed by atoms with Crippen molar-refractivity contribution in [3.8, 4) is 11.5 Å². The number of piperidine rings is 1. The van der Waals surface area contributed by atoms with E-state index in [1.54, 1.807) is 25.3 Å². The summed E-state index contributed by atoms with van der Waals surface area (Å²) in [5.41, 5.74) is 2.00. The van der Waals surface area contributed by atoms with Crippen molar-refractivity contribution in [2.24, 2.45) is 11.8 Å². The van der Waals surface area contributed by atoms with Crippen LogP contribution >= 0.6 is 0 Å². The van der Waals surface area contributed by atoms with Crippen molar-refractivity contribution in [2.75, 3.05) is 31.7 Å². The van der Waals surface area contributed by atoms with Crippen LogP contribution in [-0.2, 0) is 9.59 Å². The van der Waals surface area contributed by atoms with Crippen molar-refractivity contribution in [1.29, 1.82) is 0 Å². The first-order chi connectivity index (χ1) is 15.4. The number of rotatable bonds is 6. The van der Waals surface area contributed by atoms with Crippen LogP contribution in [0.2, 0.25) is 0 Å². The molecule has 0 radical (unpaired) electrons. The van der Waals surface area contributed by atoms with E-state index in [1.807, 2.05) is 37.3 Å². The van der Waals surface area contributed by atoms with E-state index in [9.17, 15) is 9.59 Å². The minimum atomic E-state index is -0.339. The van der Waals surface area contributed by atoms with Crippen molar-refractivity contribution in [3.05, 3.63) is 59.8 Å². The molecular formula is C26H30N2O4. The highest BCUT2D eigenvalue weighted by molar-refractivity contribution is 6.45. The predicted octanol–water partition coefficient (Wildman–Crippen LogP) is 4.36. The maximum absolute atomic E-state index is 13.8. The first-order valence-corrected chi connectivity index (χ1v) is 11.2. The number of hydrogen-bond donors (Lipinski definition) is 0. The van der Waals surface area contributed by atoms with Gasteiger partial charge in [0.2, 0.25) is 0 Å². The van der Waals surface area contributed by atoms with Crippen molar-refractivity contribution in [1.82, 2.24) is 4.90 Å². The summed E-state index contributed by atoms with van der Waals surface area (Å²) in [5.74, 6) is 1.42. The van der Waals surface area contributed by atoms with Crippen LogP contribution in [0.25, 0.3) is 5.57 Å². The topological polar surface area (TPSA) is 59.1 Å². The first-order valence-electron chi connectivity index (χ1n) is 11.2. The van der Waals surface area contributed by atoms with E-state index < -0.39 is 0 Å². The second kappa shape index (κ2) is 9.07. The SMILES string of the molecule is CCOc1cccc(N2C(=O)C(c3ccccc3OC)=C(N3CC(C)CC(C)C3)C2=O)c1. The largest absolute Gasteiger partial charge is 0.496 e. The summed E-state index contributed by atoms with van der Waals surface area (Å²) in [5, 5.41) is 0. The van der Waals surface area contributed by atoms with Gasteiger partial charge in [-0.1, -0.05) is 38.1 Å². The van der Waals surface area contributed by atoms with Crippen LogP contribution in [0.5, 0.6) is 11.5 Å². The number of carbonyl (C=O) groups excluding carboxylic acids is 2. The molecule has 168 valence electrons. The third-order valence-electron chi connectivity index (χ3n) is 6.01. The molecule has 1 saturated heterocycles. The van der Waals surface area contributed by atoms with Crippen LogP contribution in [0.15, 0.2) is 54.2 Å². The van der Waals surface area contributed by atoms with Crippen LogP contribution in [0.3, 0.4) is 0 Å². The van der Waals surface area contributed by atoms with Gasteiger partial charge in [0.05, 0.1) is 25.0 Å². The number of imide groups is 1. The summed E-state index contributed by atoms with van der Waals surface area (Å²) in [6.45, 7) is 8.27. The molecule has 2 atom stereocenters. The van der Waals surface area contributed by atoms with Gasteiger partial charge >= 0.3 is 0 Å². The smallest absolute Gasteiger partial charge is 0.282 e. The fourth-order valence-electron chi connectivity index (χ4n) is 4.86. The number of para-hydroxylation sites is 1. The first kappa shape index (κ1) is 21.9. The Morgan fingerprint density at radius 2 is 1.69 bits per heavy atom. The molecule has 6 heteroatoms. The maximum atomic E-state index is 13.8. The van der Waals surface area contributed by atoms with Crippen molar-refractivity contribution in [2.45, 2.75) is 27.2 Å². The minimum absolute atomic E-state index is 0.300. The Morgan fingerprint density at radius 1 is 0.969 bits per heavy atom. The molecule has 2 aliphatic heterocycles. The summed E-state index contributed by atoms with van der Waals surface area (Å²) in [6.07, 6.45) is 1.11. The number of benzene rings is 2. The van der Waals surface area contributed by atoms with Crippen LogP contribution in [0, 0.1) is 11.8 Å². The average molecular weight is 435 g/mol.